The largest absolute Gasteiger partial charge is 0.486 e. The van der Waals surface area contributed by atoms with Crippen molar-refractivity contribution in [2.24, 2.45) is 0 Å². The average Bonchev–Trinajstić information content (AvgIpc) is 3.43. The molecule has 3 aromatic heterocycles. The second kappa shape index (κ2) is 11.4. The zero-order valence-corrected chi connectivity index (χ0v) is 22.3. The SMILES string of the molecule is CN1CCN(Cc2ccc(-c3ccc4ncnc(Nc5ccc(OCc6cnccn6)c(Cl)c5)c4c3)o2)CC1. The molecule has 198 valence electrons. The van der Waals surface area contributed by atoms with Crippen molar-refractivity contribution in [3.05, 3.63) is 89.9 Å². The van der Waals surface area contributed by atoms with E-state index >= 15 is 0 Å². The van der Waals surface area contributed by atoms with E-state index in [2.05, 4.69) is 54.2 Å². The van der Waals surface area contributed by atoms with Gasteiger partial charge in [-0.05, 0) is 55.6 Å². The average molecular weight is 542 g/mol. The van der Waals surface area contributed by atoms with Crippen molar-refractivity contribution in [2.75, 3.05) is 38.5 Å². The first-order chi connectivity index (χ1) is 19.1. The highest BCUT2D eigenvalue weighted by Gasteiger charge is 2.16. The van der Waals surface area contributed by atoms with Crippen LogP contribution in [0.5, 0.6) is 5.75 Å². The molecular formula is C29H28ClN7O2. The fourth-order valence-electron chi connectivity index (χ4n) is 4.54. The summed E-state index contributed by atoms with van der Waals surface area (Å²) in [5.74, 6) is 3.03. The zero-order chi connectivity index (χ0) is 26.6. The van der Waals surface area contributed by atoms with Crippen molar-refractivity contribution in [3.63, 3.8) is 0 Å². The Kier molecular flexibility index (Phi) is 7.36. The Morgan fingerprint density at radius 1 is 0.974 bits per heavy atom. The lowest BCUT2D eigenvalue weighted by atomic mass is 10.1. The molecule has 1 saturated heterocycles. The smallest absolute Gasteiger partial charge is 0.141 e. The maximum absolute atomic E-state index is 6.51. The van der Waals surface area contributed by atoms with Crippen LogP contribution in [0.2, 0.25) is 5.02 Å². The van der Waals surface area contributed by atoms with Crippen LogP contribution in [0.25, 0.3) is 22.2 Å². The lowest BCUT2D eigenvalue weighted by molar-refractivity contribution is 0.140. The molecule has 39 heavy (non-hydrogen) atoms. The fourth-order valence-corrected chi connectivity index (χ4v) is 4.78. The van der Waals surface area contributed by atoms with Crippen molar-refractivity contribution >= 4 is 34.0 Å². The first-order valence-electron chi connectivity index (χ1n) is 12.8. The maximum Gasteiger partial charge on any atom is 0.141 e. The number of likely N-dealkylation sites (N-methyl/N-ethyl adjacent to an activating group) is 1. The van der Waals surface area contributed by atoms with E-state index in [1.165, 1.54) is 0 Å². The lowest BCUT2D eigenvalue weighted by Gasteiger charge is -2.31. The molecule has 6 rings (SSSR count). The van der Waals surface area contributed by atoms with Gasteiger partial charge < -0.3 is 19.4 Å². The fraction of sp³-hybridized carbons (Fsp3) is 0.241. The van der Waals surface area contributed by atoms with Crippen molar-refractivity contribution in [1.82, 2.24) is 29.7 Å². The van der Waals surface area contributed by atoms with Gasteiger partial charge in [-0.25, -0.2) is 9.97 Å². The topological polar surface area (TPSA) is 92.4 Å². The monoisotopic (exact) mass is 541 g/mol. The van der Waals surface area contributed by atoms with Gasteiger partial charge in [0.1, 0.15) is 36.0 Å². The number of fused-ring (bicyclic) bond motifs is 1. The Morgan fingerprint density at radius 2 is 1.87 bits per heavy atom. The van der Waals surface area contributed by atoms with Crippen LogP contribution in [0.3, 0.4) is 0 Å². The van der Waals surface area contributed by atoms with Gasteiger partial charge in [0.2, 0.25) is 0 Å². The highest BCUT2D eigenvalue weighted by Crippen LogP contribution is 2.33. The van der Waals surface area contributed by atoms with Crippen LogP contribution < -0.4 is 10.1 Å². The molecule has 0 saturated carbocycles. The molecule has 0 atom stereocenters. The summed E-state index contributed by atoms with van der Waals surface area (Å²) < 4.78 is 12.0. The number of piperazine rings is 1. The summed E-state index contributed by atoms with van der Waals surface area (Å²) in [6, 6.07) is 15.7. The minimum absolute atomic E-state index is 0.281. The molecule has 0 aliphatic carbocycles. The van der Waals surface area contributed by atoms with E-state index in [4.69, 9.17) is 20.8 Å². The van der Waals surface area contributed by atoms with Crippen LogP contribution in [0, 0.1) is 0 Å². The second-order valence-corrected chi connectivity index (χ2v) is 9.96. The molecule has 4 heterocycles. The number of anilines is 2. The van der Waals surface area contributed by atoms with Gasteiger partial charge in [0.05, 0.1) is 29.0 Å². The molecule has 0 unspecified atom stereocenters. The summed E-state index contributed by atoms with van der Waals surface area (Å²) in [6.45, 7) is 5.36. The number of halogens is 1. The van der Waals surface area contributed by atoms with Crippen molar-refractivity contribution in [1.29, 1.82) is 0 Å². The van der Waals surface area contributed by atoms with E-state index in [1.807, 2.05) is 36.4 Å². The van der Waals surface area contributed by atoms with Crippen LogP contribution in [0.4, 0.5) is 11.5 Å². The number of nitrogens with one attached hydrogen (secondary N) is 1. The van der Waals surface area contributed by atoms with Gasteiger partial charge >= 0.3 is 0 Å². The normalized spacial score (nSPS) is 14.5. The molecular weight excluding hydrogens is 514 g/mol. The Bertz CT molecular complexity index is 1570. The molecule has 0 amide bonds. The summed E-state index contributed by atoms with van der Waals surface area (Å²) >= 11 is 6.51. The van der Waals surface area contributed by atoms with Gasteiger partial charge in [-0.3, -0.25) is 14.9 Å². The van der Waals surface area contributed by atoms with Crippen LogP contribution in [0.1, 0.15) is 11.5 Å². The quantitative estimate of drug-likeness (QED) is 0.277. The molecule has 1 N–H and O–H groups in total. The number of ether oxygens (including phenoxy) is 1. The number of hydrogen-bond donors (Lipinski definition) is 1. The number of rotatable bonds is 8. The van der Waals surface area contributed by atoms with Crippen LogP contribution in [0.15, 0.2) is 77.9 Å². The van der Waals surface area contributed by atoms with E-state index in [1.54, 1.807) is 24.9 Å². The highest BCUT2D eigenvalue weighted by atomic mass is 35.5. The van der Waals surface area contributed by atoms with E-state index in [-0.39, 0.29) is 6.61 Å². The van der Waals surface area contributed by atoms with Gasteiger partial charge in [-0.15, -0.1) is 0 Å². The summed E-state index contributed by atoms with van der Waals surface area (Å²) in [5, 5.41) is 4.73. The zero-order valence-electron chi connectivity index (χ0n) is 21.5. The van der Waals surface area contributed by atoms with Crippen LogP contribution in [-0.2, 0) is 13.2 Å². The molecule has 1 fully saturated rings. The highest BCUT2D eigenvalue weighted by molar-refractivity contribution is 6.32. The molecule has 0 radical (unpaired) electrons. The number of furan rings is 1. The minimum atomic E-state index is 0.281. The van der Waals surface area contributed by atoms with Crippen LogP contribution >= 0.6 is 11.6 Å². The third-order valence-electron chi connectivity index (χ3n) is 6.74. The Morgan fingerprint density at radius 3 is 2.69 bits per heavy atom. The van der Waals surface area contributed by atoms with Gasteiger partial charge in [-0.2, -0.15) is 0 Å². The number of benzene rings is 2. The first-order valence-corrected chi connectivity index (χ1v) is 13.2. The number of aromatic nitrogens is 4. The van der Waals surface area contributed by atoms with Gasteiger partial charge in [-0.1, -0.05) is 11.6 Å². The van der Waals surface area contributed by atoms with Crippen molar-refractivity contribution < 1.29 is 9.15 Å². The molecule has 2 aromatic carbocycles. The minimum Gasteiger partial charge on any atom is -0.486 e. The van der Waals surface area contributed by atoms with E-state index in [0.717, 1.165) is 72.1 Å². The lowest BCUT2D eigenvalue weighted by Crippen LogP contribution is -2.43. The molecule has 9 nitrogen and oxygen atoms in total. The van der Waals surface area contributed by atoms with Crippen molar-refractivity contribution in [3.8, 4) is 17.1 Å². The van der Waals surface area contributed by atoms with E-state index < -0.39 is 0 Å². The number of hydrogen-bond acceptors (Lipinski definition) is 9. The second-order valence-electron chi connectivity index (χ2n) is 9.56. The summed E-state index contributed by atoms with van der Waals surface area (Å²) in [6.07, 6.45) is 6.46. The first kappa shape index (κ1) is 25.2. The third kappa shape index (κ3) is 6.01. The van der Waals surface area contributed by atoms with Gasteiger partial charge in [0.15, 0.2) is 0 Å². The van der Waals surface area contributed by atoms with Gasteiger partial charge in [0, 0.05) is 55.2 Å². The summed E-state index contributed by atoms with van der Waals surface area (Å²) in [5.41, 5.74) is 3.30. The molecule has 1 aliphatic heterocycles. The summed E-state index contributed by atoms with van der Waals surface area (Å²) in [7, 11) is 2.16. The predicted molar refractivity (Wildman–Crippen MR) is 151 cm³/mol. The van der Waals surface area contributed by atoms with Crippen molar-refractivity contribution in [2.45, 2.75) is 13.2 Å². The van der Waals surface area contributed by atoms with E-state index in [0.29, 0.717) is 16.6 Å². The standard InChI is InChI=1S/C29H28ClN7O2/c1-36-10-12-37(13-11-36)17-23-4-7-27(39-23)20-2-5-26-24(14-20)29(34-19-33-26)35-21-3-6-28(25(30)15-21)38-18-22-16-31-8-9-32-22/h2-9,14-16,19H,10-13,17-18H2,1H3,(H,33,34,35). The molecule has 1 aliphatic rings. The molecule has 0 spiro atoms. The molecule has 10 heteroatoms. The number of nitrogens with zero attached hydrogens (tertiary/aromatic N) is 6. The molecule has 5 aromatic rings. The van der Waals surface area contributed by atoms with Gasteiger partial charge in [0.25, 0.3) is 0 Å². The maximum atomic E-state index is 6.51. The Balaban J connectivity index is 1.18. The third-order valence-corrected chi connectivity index (χ3v) is 7.04. The Labute approximate surface area is 231 Å². The summed E-state index contributed by atoms with van der Waals surface area (Å²) in [4.78, 5) is 22.0. The Hall–Kier alpha value is -4.05. The predicted octanol–water partition coefficient (Wildman–Crippen LogP) is 5.40. The molecule has 0 bridgehead atoms. The van der Waals surface area contributed by atoms with Crippen LogP contribution in [-0.4, -0.2) is 63.0 Å². The van der Waals surface area contributed by atoms with E-state index in [9.17, 15) is 0 Å².